The standard InChI is InChI=1S/C15H29NO/c1-3-16-15(14-5-4-12(2)10-14)11-13-6-8-17-9-7-13/h12-16H,3-11H2,1-2H3. The molecule has 0 amide bonds. The van der Waals surface area contributed by atoms with Crippen LogP contribution in [0.15, 0.2) is 0 Å². The molecule has 1 saturated carbocycles. The van der Waals surface area contributed by atoms with E-state index < -0.39 is 0 Å². The van der Waals surface area contributed by atoms with Gasteiger partial charge in [0, 0.05) is 19.3 Å². The van der Waals surface area contributed by atoms with Crippen molar-refractivity contribution in [1.82, 2.24) is 5.32 Å². The summed E-state index contributed by atoms with van der Waals surface area (Å²) in [4.78, 5) is 0. The van der Waals surface area contributed by atoms with Crippen LogP contribution in [0.3, 0.4) is 0 Å². The molecule has 0 bridgehead atoms. The summed E-state index contributed by atoms with van der Waals surface area (Å²) >= 11 is 0. The van der Waals surface area contributed by atoms with Gasteiger partial charge in [0.1, 0.15) is 0 Å². The van der Waals surface area contributed by atoms with Crippen LogP contribution in [0.5, 0.6) is 0 Å². The topological polar surface area (TPSA) is 21.3 Å². The molecule has 3 unspecified atom stereocenters. The van der Waals surface area contributed by atoms with Crippen molar-refractivity contribution in [3.05, 3.63) is 0 Å². The molecule has 1 N–H and O–H groups in total. The molecule has 2 aliphatic rings. The van der Waals surface area contributed by atoms with Crippen LogP contribution in [0.25, 0.3) is 0 Å². The maximum atomic E-state index is 5.46. The van der Waals surface area contributed by atoms with E-state index in [2.05, 4.69) is 19.2 Å². The lowest BCUT2D eigenvalue weighted by Crippen LogP contribution is -2.38. The number of nitrogens with one attached hydrogen (secondary N) is 1. The molecular weight excluding hydrogens is 210 g/mol. The van der Waals surface area contributed by atoms with E-state index in [0.717, 1.165) is 43.6 Å². The second-order valence-corrected chi connectivity index (χ2v) is 6.13. The fraction of sp³-hybridized carbons (Fsp3) is 1.00. The Morgan fingerprint density at radius 1 is 1.18 bits per heavy atom. The normalized spacial score (nSPS) is 32.8. The maximum Gasteiger partial charge on any atom is 0.0468 e. The van der Waals surface area contributed by atoms with Crippen LogP contribution in [-0.2, 0) is 4.74 Å². The van der Waals surface area contributed by atoms with Gasteiger partial charge in [0.05, 0.1) is 0 Å². The lowest BCUT2D eigenvalue weighted by molar-refractivity contribution is 0.0579. The number of hydrogen-bond acceptors (Lipinski definition) is 2. The predicted octanol–water partition coefficient (Wildman–Crippen LogP) is 3.22. The summed E-state index contributed by atoms with van der Waals surface area (Å²) in [5.74, 6) is 2.80. The summed E-state index contributed by atoms with van der Waals surface area (Å²) in [5, 5.41) is 3.75. The molecule has 0 aromatic heterocycles. The van der Waals surface area contributed by atoms with Crippen molar-refractivity contribution in [1.29, 1.82) is 0 Å². The molecule has 2 rings (SSSR count). The lowest BCUT2D eigenvalue weighted by atomic mass is 9.85. The molecule has 0 aromatic rings. The van der Waals surface area contributed by atoms with Crippen molar-refractivity contribution in [2.24, 2.45) is 17.8 Å². The Bertz CT molecular complexity index is 213. The highest BCUT2D eigenvalue weighted by Crippen LogP contribution is 2.35. The molecule has 1 heterocycles. The van der Waals surface area contributed by atoms with Crippen molar-refractivity contribution in [2.75, 3.05) is 19.8 Å². The molecule has 100 valence electrons. The molecule has 0 radical (unpaired) electrons. The highest BCUT2D eigenvalue weighted by Gasteiger charge is 2.30. The van der Waals surface area contributed by atoms with Crippen molar-refractivity contribution in [3.63, 3.8) is 0 Å². The Labute approximate surface area is 107 Å². The van der Waals surface area contributed by atoms with Gasteiger partial charge in [0.25, 0.3) is 0 Å². The van der Waals surface area contributed by atoms with E-state index in [-0.39, 0.29) is 0 Å². The molecule has 1 aliphatic carbocycles. The van der Waals surface area contributed by atoms with Gasteiger partial charge in [-0.15, -0.1) is 0 Å². The lowest BCUT2D eigenvalue weighted by Gasteiger charge is -2.30. The first-order valence-electron chi connectivity index (χ1n) is 7.60. The van der Waals surface area contributed by atoms with E-state index >= 15 is 0 Å². The molecule has 1 saturated heterocycles. The number of hydrogen-bond donors (Lipinski definition) is 1. The van der Waals surface area contributed by atoms with Crippen LogP contribution in [0.2, 0.25) is 0 Å². The quantitative estimate of drug-likeness (QED) is 0.795. The third-order valence-electron chi connectivity index (χ3n) is 4.70. The third kappa shape index (κ3) is 3.96. The van der Waals surface area contributed by atoms with Crippen LogP contribution in [0, 0.1) is 17.8 Å². The van der Waals surface area contributed by atoms with Crippen LogP contribution in [0.4, 0.5) is 0 Å². The SMILES string of the molecule is CCNC(CC1CCOCC1)C1CCC(C)C1. The van der Waals surface area contributed by atoms with E-state index in [1.54, 1.807) is 0 Å². The van der Waals surface area contributed by atoms with Gasteiger partial charge in [0.15, 0.2) is 0 Å². The van der Waals surface area contributed by atoms with Gasteiger partial charge < -0.3 is 10.1 Å². The Morgan fingerprint density at radius 3 is 2.53 bits per heavy atom. The highest BCUT2D eigenvalue weighted by atomic mass is 16.5. The largest absolute Gasteiger partial charge is 0.381 e. The third-order valence-corrected chi connectivity index (χ3v) is 4.70. The highest BCUT2D eigenvalue weighted by molar-refractivity contribution is 4.85. The summed E-state index contributed by atoms with van der Waals surface area (Å²) < 4.78 is 5.46. The molecule has 2 nitrogen and oxygen atoms in total. The zero-order chi connectivity index (χ0) is 12.1. The molecule has 1 aliphatic heterocycles. The van der Waals surface area contributed by atoms with Crippen molar-refractivity contribution < 1.29 is 4.74 Å². The smallest absolute Gasteiger partial charge is 0.0468 e. The monoisotopic (exact) mass is 239 g/mol. The van der Waals surface area contributed by atoms with E-state index in [0.29, 0.717) is 0 Å². The average molecular weight is 239 g/mol. The molecular formula is C15H29NO. The zero-order valence-electron chi connectivity index (χ0n) is 11.6. The van der Waals surface area contributed by atoms with Crippen LogP contribution in [0.1, 0.15) is 52.4 Å². The Hall–Kier alpha value is -0.0800. The predicted molar refractivity (Wildman–Crippen MR) is 72.1 cm³/mol. The summed E-state index contributed by atoms with van der Waals surface area (Å²) in [6.45, 7) is 7.76. The van der Waals surface area contributed by atoms with Crippen molar-refractivity contribution in [3.8, 4) is 0 Å². The first-order valence-corrected chi connectivity index (χ1v) is 7.60. The molecule has 3 atom stereocenters. The molecule has 2 fully saturated rings. The van der Waals surface area contributed by atoms with Crippen LogP contribution < -0.4 is 5.32 Å². The fourth-order valence-electron chi connectivity index (χ4n) is 3.66. The first-order chi connectivity index (χ1) is 8.29. The van der Waals surface area contributed by atoms with Gasteiger partial charge in [-0.2, -0.15) is 0 Å². The summed E-state index contributed by atoms with van der Waals surface area (Å²) in [6.07, 6.45) is 8.28. The summed E-state index contributed by atoms with van der Waals surface area (Å²) in [5.41, 5.74) is 0. The van der Waals surface area contributed by atoms with Crippen LogP contribution >= 0.6 is 0 Å². The van der Waals surface area contributed by atoms with Gasteiger partial charge in [0.2, 0.25) is 0 Å². The van der Waals surface area contributed by atoms with Gasteiger partial charge in [-0.25, -0.2) is 0 Å². The molecule has 0 spiro atoms. The minimum absolute atomic E-state index is 0.771. The van der Waals surface area contributed by atoms with E-state index in [1.165, 1.54) is 38.5 Å². The number of rotatable bonds is 5. The van der Waals surface area contributed by atoms with E-state index in [9.17, 15) is 0 Å². The molecule has 2 heteroatoms. The first kappa shape index (κ1) is 13.4. The maximum absolute atomic E-state index is 5.46. The molecule has 0 aromatic carbocycles. The van der Waals surface area contributed by atoms with Crippen LogP contribution in [-0.4, -0.2) is 25.8 Å². The zero-order valence-corrected chi connectivity index (χ0v) is 11.6. The summed E-state index contributed by atoms with van der Waals surface area (Å²) in [6, 6.07) is 0.771. The number of ether oxygens (including phenoxy) is 1. The van der Waals surface area contributed by atoms with Gasteiger partial charge in [-0.1, -0.05) is 20.3 Å². The van der Waals surface area contributed by atoms with Gasteiger partial charge in [-0.05, 0) is 56.4 Å². The Balaban J connectivity index is 1.82. The second-order valence-electron chi connectivity index (χ2n) is 6.13. The average Bonchev–Trinajstić information content (AvgIpc) is 2.77. The second kappa shape index (κ2) is 6.75. The van der Waals surface area contributed by atoms with E-state index in [1.807, 2.05) is 0 Å². The van der Waals surface area contributed by atoms with E-state index in [4.69, 9.17) is 4.74 Å². The van der Waals surface area contributed by atoms with Gasteiger partial charge >= 0.3 is 0 Å². The van der Waals surface area contributed by atoms with Crippen molar-refractivity contribution >= 4 is 0 Å². The fourth-order valence-corrected chi connectivity index (χ4v) is 3.66. The summed E-state index contributed by atoms with van der Waals surface area (Å²) in [7, 11) is 0. The molecule has 17 heavy (non-hydrogen) atoms. The Morgan fingerprint density at radius 2 is 1.94 bits per heavy atom. The minimum atomic E-state index is 0.771. The minimum Gasteiger partial charge on any atom is -0.381 e. The van der Waals surface area contributed by atoms with Gasteiger partial charge in [-0.3, -0.25) is 0 Å². The van der Waals surface area contributed by atoms with Crippen molar-refractivity contribution in [2.45, 2.75) is 58.4 Å². The Kier molecular flexibility index (Phi) is 5.30.